The fourth-order valence-electron chi connectivity index (χ4n) is 2.34. The highest BCUT2D eigenvalue weighted by Crippen LogP contribution is 2.36. The molecule has 1 saturated carbocycles. The Balaban J connectivity index is 2.06. The van der Waals surface area contributed by atoms with Crippen molar-refractivity contribution in [2.24, 2.45) is 5.92 Å². The standard InChI is InChI=1S/C9H13Cl2NO/c10-5-3-7(11)6-1-2-9(13)12-8(6)4-5/h5-8H,1-4H2,(H,12,13). The summed E-state index contributed by atoms with van der Waals surface area (Å²) in [6, 6.07) is 0.222. The molecule has 2 aliphatic rings. The van der Waals surface area contributed by atoms with Crippen LogP contribution >= 0.6 is 23.2 Å². The number of rotatable bonds is 0. The zero-order valence-corrected chi connectivity index (χ0v) is 8.81. The highest BCUT2D eigenvalue weighted by atomic mass is 35.5. The first-order chi connectivity index (χ1) is 6.16. The molecule has 0 aromatic carbocycles. The van der Waals surface area contributed by atoms with Gasteiger partial charge in [0.1, 0.15) is 0 Å². The number of nitrogens with one attached hydrogen (secondary N) is 1. The molecule has 2 rings (SSSR count). The summed E-state index contributed by atoms with van der Waals surface area (Å²) in [6.45, 7) is 0. The van der Waals surface area contributed by atoms with Gasteiger partial charge in [0.2, 0.25) is 5.91 Å². The molecule has 0 aromatic heterocycles. The average Bonchev–Trinajstić information content (AvgIpc) is 2.02. The first kappa shape index (κ1) is 9.60. The van der Waals surface area contributed by atoms with Gasteiger partial charge in [-0.25, -0.2) is 0 Å². The normalized spacial score (nSPS) is 45.2. The van der Waals surface area contributed by atoms with Crippen LogP contribution in [-0.2, 0) is 4.79 Å². The van der Waals surface area contributed by atoms with E-state index in [1.165, 1.54) is 0 Å². The van der Waals surface area contributed by atoms with E-state index in [2.05, 4.69) is 5.32 Å². The lowest BCUT2D eigenvalue weighted by molar-refractivity contribution is -0.124. The van der Waals surface area contributed by atoms with E-state index in [0.717, 1.165) is 19.3 Å². The van der Waals surface area contributed by atoms with Crippen LogP contribution in [0.15, 0.2) is 0 Å². The van der Waals surface area contributed by atoms with Gasteiger partial charge in [-0.2, -0.15) is 0 Å². The summed E-state index contributed by atoms with van der Waals surface area (Å²) in [6.07, 6.45) is 3.30. The first-order valence-electron chi connectivity index (χ1n) is 4.74. The molecule has 0 radical (unpaired) electrons. The second-order valence-electron chi connectivity index (χ2n) is 3.96. The number of hydrogen-bond donors (Lipinski definition) is 1. The van der Waals surface area contributed by atoms with E-state index >= 15 is 0 Å². The van der Waals surface area contributed by atoms with Gasteiger partial charge in [-0.3, -0.25) is 4.79 Å². The van der Waals surface area contributed by atoms with Crippen LogP contribution < -0.4 is 5.32 Å². The van der Waals surface area contributed by atoms with E-state index in [1.54, 1.807) is 0 Å². The number of fused-ring (bicyclic) bond motifs is 1. The lowest BCUT2D eigenvalue weighted by Gasteiger charge is -2.40. The Hall–Kier alpha value is 0.0500. The Kier molecular flexibility index (Phi) is 2.70. The van der Waals surface area contributed by atoms with Gasteiger partial charge in [-0.05, 0) is 25.2 Å². The van der Waals surface area contributed by atoms with Gasteiger partial charge >= 0.3 is 0 Å². The number of amides is 1. The van der Waals surface area contributed by atoms with E-state index in [-0.39, 0.29) is 22.7 Å². The molecular weight excluding hydrogens is 209 g/mol. The molecule has 1 amide bonds. The van der Waals surface area contributed by atoms with Crippen molar-refractivity contribution in [1.82, 2.24) is 5.32 Å². The molecule has 0 bridgehead atoms. The minimum Gasteiger partial charge on any atom is -0.353 e. The van der Waals surface area contributed by atoms with Crippen molar-refractivity contribution in [1.29, 1.82) is 0 Å². The third-order valence-electron chi connectivity index (χ3n) is 3.02. The van der Waals surface area contributed by atoms with Gasteiger partial charge < -0.3 is 5.32 Å². The molecule has 0 spiro atoms. The van der Waals surface area contributed by atoms with E-state index in [1.807, 2.05) is 0 Å². The zero-order chi connectivity index (χ0) is 9.42. The molecule has 4 unspecified atom stereocenters. The summed E-state index contributed by atoms with van der Waals surface area (Å²) < 4.78 is 0. The molecule has 13 heavy (non-hydrogen) atoms. The molecule has 74 valence electrons. The summed E-state index contributed by atoms with van der Waals surface area (Å²) in [5.41, 5.74) is 0. The van der Waals surface area contributed by atoms with Crippen molar-refractivity contribution >= 4 is 29.1 Å². The molecule has 2 fully saturated rings. The average molecular weight is 222 g/mol. The lowest BCUT2D eigenvalue weighted by atomic mass is 9.79. The van der Waals surface area contributed by atoms with Crippen molar-refractivity contribution < 1.29 is 4.79 Å². The summed E-state index contributed by atoms with van der Waals surface area (Å²) in [7, 11) is 0. The van der Waals surface area contributed by atoms with Crippen LogP contribution in [0.5, 0.6) is 0 Å². The Morgan fingerprint density at radius 2 is 2.08 bits per heavy atom. The molecule has 2 nitrogen and oxygen atoms in total. The minimum absolute atomic E-state index is 0.127. The smallest absolute Gasteiger partial charge is 0.220 e. The Bertz CT molecular complexity index is 222. The van der Waals surface area contributed by atoms with Crippen LogP contribution in [0.3, 0.4) is 0 Å². The molecule has 1 aliphatic carbocycles. The van der Waals surface area contributed by atoms with Crippen molar-refractivity contribution in [2.45, 2.75) is 42.5 Å². The van der Waals surface area contributed by atoms with Gasteiger partial charge in [0, 0.05) is 23.2 Å². The number of alkyl halides is 2. The van der Waals surface area contributed by atoms with Gasteiger partial charge in [0.15, 0.2) is 0 Å². The van der Waals surface area contributed by atoms with E-state index in [0.29, 0.717) is 12.3 Å². The van der Waals surface area contributed by atoms with Crippen LogP contribution in [0.25, 0.3) is 0 Å². The third-order valence-corrected chi connectivity index (χ3v) is 3.88. The van der Waals surface area contributed by atoms with Crippen LogP contribution in [-0.4, -0.2) is 22.7 Å². The lowest BCUT2D eigenvalue weighted by Crippen LogP contribution is -2.52. The fourth-order valence-corrected chi connectivity index (χ4v) is 3.33. The predicted octanol–water partition coefficient (Wildman–Crippen LogP) is 1.89. The zero-order valence-electron chi connectivity index (χ0n) is 7.30. The Morgan fingerprint density at radius 1 is 1.31 bits per heavy atom. The van der Waals surface area contributed by atoms with Gasteiger partial charge in [0.25, 0.3) is 0 Å². The number of hydrogen-bond acceptors (Lipinski definition) is 1. The number of carbonyl (C=O) groups is 1. The molecule has 4 heteroatoms. The van der Waals surface area contributed by atoms with Crippen molar-refractivity contribution in [2.75, 3.05) is 0 Å². The van der Waals surface area contributed by atoms with Crippen LogP contribution in [0, 0.1) is 5.92 Å². The molecule has 1 aliphatic heterocycles. The van der Waals surface area contributed by atoms with Gasteiger partial charge in [-0.15, -0.1) is 23.2 Å². The van der Waals surface area contributed by atoms with E-state index < -0.39 is 0 Å². The van der Waals surface area contributed by atoms with Crippen molar-refractivity contribution in [3.8, 4) is 0 Å². The Labute approximate surface area is 88.0 Å². The third kappa shape index (κ3) is 1.94. The van der Waals surface area contributed by atoms with Gasteiger partial charge in [-0.1, -0.05) is 0 Å². The highest BCUT2D eigenvalue weighted by Gasteiger charge is 2.39. The Morgan fingerprint density at radius 3 is 2.85 bits per heavy atom. The maximum Gasteiger partial charge on any atom is 0.220 e. The maximum atomic E-state index is 11.1. The molecule has 4 atom stereocenters. The van der Waals surface area contributed by atoms with Crippen molar-refractivity contribution in [3.05, 3.63) is 0 Å². The minimum atomic E-state index is 0.127. The quantitative estimate of drug-likeness (QED) is 0.623. The number of piperidine rings is 1. The molecular formula is C9H13Cl2NO. The second kappa shape index (κ2) is 3.66. The van der Waals surface area contributed by atoms with Crippen LogP contribution in [0.2, 0.25) is 0 Å². The molecule has 1 saturated heterocycles. The SMILES string of the molecule is O=C1CCC2C(Cl)CC(Cl)CC2N1. The van der Waals surface area contributed by atoms with E-state index in [9.17, 15) is 4.79 Å². The first-order valence-corrected chi connectivity index (χ1v) is 5.61. The van der Waals surface area contributed by atoms with E-state index in [4.69, 9.17) is 23.2 Å². The molecule has 0 aromatic rings. The monoisotopic (exact) mass is 221 g/mol. The predicted molar refractivity (Wildman–Crippen MR) is 53.2 cm³/mol. The van der Waals surface area contributed by atoms with Crippen LogP contribution in [0.4, 0.5) is 0 Å². The fraction of sp³-hybridized carbons (Fsp3) is 0.889. The highest BCUT2D eigenvalue weighted by molar-refractivity contribution is 6.24. The topological polar surface area (TPSA) is 29.1 Å². The number of carbonyl (C=O) groups excluding carboxylic acids is 1. The summed E-state index contributed by atoms with van der Waals surface area (Å²) in [5, 5.41) is 3.24. The molecule has 1 heterocycles. The largest absolute Gasteiger partial charge is 0.353 e. The van der Waals surface area contributed by atoms with Crippen molar-refractivity contribution in [3.63, 3.8) is 0 Å². The molecule has 1 N–H and O–H groups in total. The van der Waals surface area contributed by atoms with Gasteiger partial charge in [0.05, 0.1) is 0 Å². The van der Waals surface area contributed by atoms with Crippen LogP contribution in [0.1, 0.15) is 25.7 Å². The summed E-state index contributed by atoms with van der Waals surface area (Å²) in [4.78, 5) is 11.1. The summed E-state index contributed by atoms with van der Waals surface area (Å²) in [5.74, 6) is 0.588. The second-order valence-corrected chi connectivity index (χ2v) is 5.14. The number of halogens is 2. The maximum absolute atomic E-state index is 11.1. The summed E-state index contributed by atoms with van der Waals surface area (Å²) >= 11 is 12.2.